The van der Waals surface area contributed by atoms with Crippen LogP contribution in [0.25, 0.3) is 0 Å². The van der Waals surface area contributed by atoms with E-state index in [0.717, 1.165) is 17.0 Å². The van der Waals surface area contributed by atoms with Gasteiger partial charge >= 0.3 is 0 Å². The molecule has 1 aliphatic heterocycles. The Hall–Kier alpha value is -1.73. The Kier molecular flexibility index (Phi) is 7.46. The largest absolute Gasteiger partial charge is 0.337 e. The minimum Gasteiger partial charge on any atom is -0.337 e. The molecule has 29 heavy (non-hydrogen) atoms. The van der Waals surface area contributed by atoms with E-state index in [-0.39, 0.29) is 18.2 Å². The molecule has 3 rings (SSSR count). The van der Waals surface area contributed by atoms with Crippen molar-refractivity contribution in [1.29, 1.82) is 0 Å². The minimum absolute atomic E-state index is 0.0584. The Morgan fingerprint density at radius 3 is 2.59 bits per heavy atom. The van der Waals surface area contributed by atoms with Crippen molar-refractivity contribution in [3.8, 4) is 0 Å². The number of benzene rings is 2. The number of hydrogen-bond donors (Lipinski definition) is 1. The van der Waals surface area contributed by atoms with Crippen molar-refractivity contribution in [3.63, 3.8) is 0 Å². The number of amides is 2. The van der Waals surface area contributed by atoms with Crippen molar-refractivity contribution < 1.29 is 9.59 Å². The highest BCUT2D eigenvalue weighted by Gasteiger charge is 2.30. The van der Waals surface area contributed by atoms with Crippen molar-refractivity contribution in [2.75, 3.05) is 32.5 Å². The number of hydrogen-bond acceptors (Lipinski definition) is 4. The van der Waals surface area contributed by atoms with E-state index in [0.29, 0.717) is 28.8 Å². The molecule has 0 saturated heterocycles. The van der Waals surface area contributed by atoms with Gasteiger partial charge in [-0.15, -0.1) is 11.8 Å². The molecule has 154 valence electrons. The molecule has 1 aliphatic rings. The van der Waals surface area contributed by atoms with E-state index in [1.165, 1.54) is 11.8 Å². The molecule has 0 spiro atoms. The van der Waals surface area contributed by atoms with Crippen LogP contribution in [0.15, 0.2) is 47.4 Å². The molecule has 2 aromatic rings. The van der Waals surface area contributed by atoms with Crippen molar-refractivity contribution in [3.05, 3.63) is 58.1 Å². The lowest BCUT2D eigenvalue weighted by Gasteiger charge is -2.28. The number of carbonyl (C=O) groups is 2. The number of anilines is 1. The fraction of sp³-hybridized carbons (Fsp3) is 0.333. The first-order chi connectivity index (χ1) is 13.8. The summed E-state index contributed by atoms with van der Waals surface area (Å²) < 4.78 is 0. The Morgan fingerprint density at radius 2 is 1.86 bits per heavy atom. The third-order valence-corrected chi connectivity index (χ3v) is 6.30. The molecule has 2 amide bonds. The van der Waals surface area contributed by atoms with Crippen LogP contribution >= 0.6 is 35.0 Å². The summed E-state index contributed by atoms with van der Waals surface area (Å²) in [4.78, 5) is 30.3. The molecule has 8 heteroatoms. The van der Waals surface area contributed by atoms with E-state index in [2.05, 4.69) is 5.32 Å². The Bertz CT molecular complexity index is 907. The van der Waals surface area contributed by atoms with E-state index in [9.17, 15) is 9.59 Å². The van der Waals surface area contributed by atoms with Crippen LogP contribution in [-0.2, 0) is 16.1 Å². The van der Waals surface area contributed by atoms with Gasteiger partial charge in [-0.25, -0.2) is 0 Å². The van der Waals surface area contributed by atoms with Gasteiger partial charge in [-0.1, -0.05) is 35.3 Å². The molecule has 5 nitrogen and oxygen atoms in total. The summed E-state index contributed by atoms with van der Waals surface area (Å²) in [5, 5.41) is 3.59. The molecule has 1 atom stereocenters. The summed E-state index contributed by atoms with van der Waals surface area (Å²) in [5.74, 6) is -0.231. The number of likely N-dealkylation sites (N-methyl/N-ethyl adjacent to an activating group) is 1. The van der Waals surface area contributed by atoms with E-state index in [1.54, 1.807) is 17.0 Å². The number of thioether (sulfide) groups is 1. The number of carbonyl (C=O) groups excluding carboxylic acids is 2. The maximum absolute atomic E-state index is 13.1. The third-order valence-electron chi connectivity index (χ3n) is 4.55. The fourth-order valence-electron chi connectivity index (χ4n) is 3.01. The summed E-state index contributed by atoms with van der Waals surface area (Å²) in [5.41, 5.74) is 1.66. The van der Waals surface area contributed by atoms with Crippen molar-refractivity contribution >= 4 is 52.5 Å². The van der Waals surface area contributed by atoms with Crippen LogP contribution < -0.4 is 5.32 Å². The normalized spacial score (nSPS) is 15.8. The zero-order chi connectivity index (χ0) is 21.0. The van der Waals surface area contributed by atoms with Gasteiger partial charge < -0.3 is 15.1 Å². The quantitative estimate of drug-likeness (QED) is 0.677. The molecule has 0 fully saturated rings. The summed E-state index contributed by atoms with van der Waals surface area (Å²) in [6, 6.07) is 12.9. The summed E-state index contributed by atoms with van der Waals surface area (Å²) in [6.07, 6.45) is 0.132. The van der Waals surface area contributed by atoms with Gasteiger partial charge in [0.15, 0.2) is 0 Å². The van der Waals surface area contributed by atoms with Crippen LogP contribution in [0.2, 0.25) is 10.0 Å². The first-order valence-corrected chi connectivity index (χ1v) is 10.9. The molecular weight excluding hydrogens is 429 g/mol. The van der Waals surface area contributed by atoms with Gasteiger partial charge in [0.05, 0.1) is 10.9 Å². The Morgan fingerprint density at radius 1 is 1.10 bits per heavy atom. The van der Waals surface area contributed by atoms with Crippen LogP contribution in [0.5, 0.6) is 0 Å². The molecule has 0 saturated carbocycles. The van der Waals surface area contributed by atoms with Gasteiger partial charge in [-0.2, -0.15) is 0 Å². The molecule has 0 aliphatic carbocycles. The lowest BCUT2D eigenvalue weighted by atomic mass is 10.2. The number of fused-ring (bicyclic) bond motifs is 1. The molecule has 0 bridgehead atoms. The second-order valence-corrected chi connectivity index (χ2v) is 9.31. The summed E-state index contributed by atoms with van der Waals surface area (Å²) in [7, 11) is 3.93. The minimum atomic E-state index is -0.475. The lowest BCUT2D eigenvalue weighted by molar-refractivity contribution is -0.133. The standard InChI is InChI=1S/C21H23Cl2N3O2S/c1-25(2)8-9-26(13-14-4-3-5-15(22)10-14)20(27)12-19-21(28)24-17-11-16(23)6-7-18(17)29-19/h3-7,10-11,19H,8-9,12-13H2,1-2H3,(H,24,28). The van der Waals surface area contributed by atoms with Crippen molar-refractivity contribution in [2.45, 2.75) is 23.1 Å². The smallest absolute Gasteiger partial charge is 0.238 e. The molecule has 2 aromatic carbocycles. The predicted octanol–water partition coefficient (Wildman–Crippen LogP) is 4.39. The van der Waals surface area contributed by atoms with Crippen LogP contribution in [0, 0.1) is 0 Å². The van der Waals surface area contributed by atoms with E-state index >= 15 is 0 Å². The predicted molar refractivity (Wildman–Crippen MR) is 120 cm³/mol. The highest BCUT2D eigenvalue weighted by molar-refractivity contribution is 8.01. The maximum Gasteiger partial charge on any atom is 0.238 e. The maximum atomic E-state index is 13.1. The second-order valence-electron chi connectivity index (χ2n) is 7.19. The van der Waals surface area contributed by atoms with E-state index < -0.39 is 5.25 Å². The zero-order valence-corrected chi connectivity index (χ0v) is 18.7. The molecule has 1 unspecified atom stereocenters. The molecule has 0 aromatic heterocycles. The first-order valence-electron chi connectivity index (χ1n) is 9.26. The monoisotopic (exact) mass is 451 g/mol. The Labute approximate surface area is 185 Å². The summed E-state index contributed by atoms with van der Waals surface area (Å²) in [6.45, 7) is 1.76. The Balaban J connectivity index is 1.71. The number of rotatable bonds is 7. The van der Waals surface area contributed by atoms with Gasteiger partial charge in [0.2, 0.25) is 11.8 Å². The SMILES string of the molecule is CN(C)CCN(Cc1cccc(Cl)c1)C(=O)CC1Sc2ccc(Cl)cc2NC1=O. The number of nitrogens with one attached hydrogen (secondary N) is 1. The van der Waals surface area contributed by atoms with Crippen LogP contribution in [0.4, 0.5) is 5.69 Å². The van der Waals surface area contributed by atoms with Gasteiger partial charge in [0, 0.05) is 41.0 Å². The molecular formula is C21H23Cl2N3O2S. The average molecular weight is 452 g/mol. The van der Waals surface area contributed by atoms with Gasteiger partial charge in [0.25, 0.3) is 0 Å². The van der Waals surface area contributed by atoms with Gasteiger partial charge in [-0.3, -0.25) is 9.59 Å². The third kappa shape index (κ3) is 6.12. The molecule has 1 heterocycles. The second kappa shape index (κ2) is 9.85. The van der Waals surface area contributed by atoms with E-state index in [1.807, 2.05) is 49.3 Å². The first kappa shape index (κ1) is 22.0. The zero-order valence-electron chi connectivity index (χ0n) is 16.3. The average Bonchev–Trinajstić information content (AvgIpc) is 2.65. The summed E-state index contributed by atoms with van der Waals surface area (Å²) >= 11 is 13.5. The fourth-order valence-corrected chi connectivity index (χ4v) is 4.48. The number of nitrogens with zero attached hydrogens (tertiary/aromatic N) is 2. The lowest BCUT2D eigenvalue weighted by Crippen LogP contribution is -2.40. The molecule has 0 radical (unpaired) electrons. The number of halogens is 2. The topological polar surface area (TPSA) is 52.6 Å². The molecule has 1 N–H and O–H groups in total. The van der Waals surface area contributed by atoms with Crippen LogP contribution in [-0.4, -0.2) is 54.0 Å². The van der Waals surface area contributed by atoms with Gasteiger partial charge in [-0.05, 0) is 50.0 Å². The van der Waals surface area contributed by atoms with E-state index in [4.69, 9.17) is 23.2 Å². The highest BCUT2D eigenvalue weighted by Crippen LogP contribution is 2.38. The highest BCUT2D eigenvalue weighted by atomic mass is 35.5. The van der Waals surface area contributed by atoms with Crippen LogP contribution in [0.3, 0.4) is 0 Å². The van der Waals surface area contributed by atoms with Crippen LogP contribution in [0.1, 0.15) is 12.0 Å². The van der Waals surface area contributed by atoms with Crippen molar-refractivity contribution in [2.24, 2.45) is 0 Å². The van der Waals surface area contributed by atoms with Crippen molar-refractivity contribution in [1.82, 2.24) is 9.80 Å². The van der Waals surface area contributed by atoms with Gasteiger partial charge in [0.1, 0.15) is 0 Å².